The minimum Gasteiger partial charge on any atom is -0.455 e. The van der Waals surface area contributed by atoms with Crippen LogP contribution in [0.1, 0.15) is 26.7 Å². The Morgan fingerprint density at radius 1 is 1.00 bits per heavy atom. The van der Waals surface area contributed by atoms with Gasteiger partial charge in [0.25, 0.3) is 0 Å². The van der Waals surface area contributed by atoms with E-state index in [1.807, 2.05) is 13.8 Å². The van der Waals surface area contributed by atoms with E-state index in [2.05, 4.69) is 0 Å². The fourth-order valence-electron chi connectivity index (χ4n) is 2.81. The molecule has 3 heterocycles. The first-order valence-electron chi connectivity index (χ1n) is 8.17. The summed E-state index contributed by atoms with van der Waals surface area (Å²) in [5.74, 6) is -0.438. The number of aliphatic hydroxyl groups excluding tert-OH is 3. The molecule has 9 heteroatoms. The number of esters is 1. The second-order valence-electron chi connectivity index (χ2n) is 5.83. The minimum absolute atomic E-state index is 0.112. The fraction of sp³-hybridized carbons (Fsp3) is 0.933. The molecular formula is C15H26O9. The monoisotopic (exact) mass is 350 g/mol. The predicted molar refractivity (Wildman–Crippen MR) is 78.8 cm³/mol. The maximum atomic E-state index is 10.9. The second kappa shape index (κ2) is 9.04. The summed E-state index contributed by atoms with van der Waals surface area (Å²) in [7, 11) is 0. The van der Waals surface area contributed by atoms with Gasteiger partial charge < -0.3 is 39.0 Å². The second-order valence-corrected chi connectivity index (χ2v) is 5.83. The highest BCUT2D eigenvalue weighted by Gasteiger charge is 2.49. The number of hydrogen-bond acceptors (Lipinski definition) is 9. The molecule has 3 fully saturated rings. The highest BCUT2D eigenvalue weighted by Crippen LogP contribution is 2.26. The summed E-state index contributed by atoms with van der Waals surface area (Å²) in [5, 5.41) is 27.8. The van der Waals surface area contributed by atoms with Crippen LogP contribution in [0.2, 0.25) is 0 Å². The van der Waals surface area contributed by atoms with Crippen LogP contribution < -0.4 is 0 Å². The van der Waals surface area contributed by atoms with Crippen LogP contribution in [0.3, 0.4) is 0 Å². The first kappa shape index (κ1) is 19.5. The third-order valence-corrected chi connectivity index (χ3v) is 4.29. The zero-order chi connectivity index (χ0) is 17.7. The molecular weight excluding hydrogens is 324 g/mol. The molecule has 7 unspecified atom stereocenters. The van der Waals surface area contributed by atoms with E-state index in [0.29, 0.717) is 12.8 Å². The van der Waals surface area contributed by atoms with Crippen molar-refractivity contribution >= 4 is 5.97 Å². The molecule has 3 rings (SSSR count). The molecule has 9 nitrogen and oxygen atoms in total. The number of fused-ring (bicyclic) bond motifs is 1. The minimum atomic E-state index is -0.618. The summed E-state index contributed by atoms with van der Waals surface area (Å²) in [6.07, 6.45) is -2.20. The SMILES string of the molecule is CCC(O)C1OCOC1C(O)CC.O=C1OC(CO)C2OCOC12. The summed E-state index contributed by atoms with van der Waals surface area (Å²) in [6, 6.07) is 0. The van der Waals surface area contributed by atoms with Crippen molar-refractivity contribution in [1.29, 1.82) is 0 Å². The van der Waals surface area contributed by atoms with E-state index in [0.717, 1.165) is 0 Å². The molecule has 3 aliphatic rings. The molecule has 7 atom stereocenters. The Labute approximate surface area is 140 Å². The molecule has 0 aromatic heterocycles. The van der Waals surface area contributed by atoms with E-state index in [9.17, 15) is 15.0 Å². The van der Waals surface area contributed by atoms with Gasteiger partial charge in [0, 0.05) is 0 Å². The number of hydrogen-bond donors (Lipinski definition) is 3. The fourth-order valence-corrected chi connectivity index (χ4v) is 2.81. The summed E-state index contributed by atoms with van der Waals surface area (Å²) < 4.78 is 25.1. The van der Waals surface area contributed by atoms with Gasteiger partial charge in [-0.15, -0.1) is 0 Å². The maximum absolute atomic E-state index is 10.9. The Morgan fingerprint density at radius 3 is 2.04 bits per heavy atom. The molecule has 0 radical (unpaired) electrons. The largest absolute Gasteiger partial charge is 0.455 e. The molecule has 0 bridgehead atoms. The number of carbonyl (C=O) groups is 1. The van der Waals surface area contributed by atoms with E-state index < -0.39 is 36.5 Å². The van der Waals surface area contributed by atoms with Crippen LogP contribution in [0.25, 0.3) is 0 Å². The van der Waals surface area contributed by atoms with Gasteiger partial charge in [0.2, 0.25) is 0 Å². The average molecular weight is 350 g/mol. The Bertz CT molecular complexity index is 388. The van der Waals surface area contributed by atoms with Gasteiger partial charge in [0.05, 0.1) is 18.8 Å². The molecule has 0 spiro atoms. The lowest BCUT2D eigenvalue weighted by Gasteiger charge is -2.24. The molecule has 24 heavy (non-hydrogen) atoms. The molecule has 140 valence electrons. The molecule has 3 aliphatic heterocycles. The zero-order valence-corrected chi connectivity index (χ0v) is 13.9. The van der Waals surface area contributed by atoms with Crippen LogP contribution in [0.15, 0.2) is 0 Å². The van der Waals surface area contributed by atoms with Gasteiger partial charge in [-0.05, 0) is 12.8 Å². The molecule has 0 aromatic rings. The van der Waals surface area contributed by atoms with Gasteiger partial charge >= 0.3 is 5.97 Å². The molecule has 0 aromatic carbocycles. The van der Waals surface area contributed by atoms with E-state index in [-0.39, 0.29) is 32.4 Å². The summed E-state index contributed by atoms with van der Waals surface area (Å²) in [4.78, 5) is 10.9. The van der Waals surface area contributed by atoms with Crippen molar-refractivity contribution in [3.8, 4) is 0 Å². The van der Waals surface area contributed by atoms with E-state index >= 15 is 0 Å². The van der Waals surface area contributed by atoms with Crippen molar-refractivity contribution < 1.29 is 43.8 Å². The number of ether oxygens (including phenoxy) is 5. The molecule has 3 saturated heterocycles. The topological polar surface area (TPSA) is 124 Å². The van der Waals surface area contributed by atoms with Crippen LogP contribution in [0.4, 0.5) is 0 Å². The summed E-state index contributed by atoms with van der Waals surface area (Å²) >= 11 is 0. The van der Waals surface area contributed by atoms with E-state index in [1.165, 1.54) is 0 Å². The third kappa shape index (κ3) is 4.23. The molecule has 0 aliphatic carbocycles. The normalized spacial score (nSPS) is 37.4. The quantitative estimate of drug-likeness (QED) is 0.531. The Hall–Kier alpha value is -0.810. The van der Waals surface area contributed by atoms with Crippen molar-refractivity contribution in [3.63, 3.8) is 0 Å². The van der Waals surface area contributed by atoms with Crippen LogP contribution in [0.5, 0.6) is 0 Å². The number of cyclic esters (lactones) is 1. The molecule has 3 N–H and O–H groups in total. The average Bonchev–Trinajstić information content (AvgIpc) is 3.31. The third-order valence-electron chi connectivity index (χ3n) is 4.29. The summed E-state index contributed by atoms with van der Waals surface area (Å²) in [6.45, 7) is 3.82. The number of rotatable bonds is 5. The van der Waals surface area contributed by atoms with Gasteiger partial charge in [-0.3, -0.25) is 0 Å². The van der Waals surface area contributed by atoms with Crippen molar-refractivity contribution in [2.45, 2.75) is 69.4 Å². The first-order valence-corrected chi connectivity index (χ1v) is 8.17. The van der Waals surface area contributed by atoms with Crippen molar-refractivity contribution in [2.75, 3.05) is 20.2 Å². The number of carbonyl (C=O) groups excluding carboxylic acids is 1. The van der Waals surface area contributed by atoms with Gasteiger partial charge in [-0.2, -0.15) is 0 Å². The predicted octanol–water partition coefficient (Wildman–Crippen LogP) is -1.08. The number of aliphatic hydroxyl groups is 3. The lowest BCUT2D eigenvalue weighted by Crippen LogP contribution is -2.41. The maximum Gasteiger partial charge on any atom is 0.338 e. The first-order chi connectivity index (χ1) is 11.5. The Morgan fingerprint density at radius 2 is 1.54 bits per heavy atom. The van der Waals surface area contributed by atoms with Crippen LogP contribution in [-0.2, 0) is 28.5 Å². The van der Waals surface area contributed by atoms with Crippen LogP contribution in [-0.4, -0.2) is 84.2 Å². The van der Waals surface area contributed by atoms with Crippen LogP contribution >= 0.6 is 0 Å². The van der Waals surface area contributed by atoms with Crippen LogP contribution in [0, 0.1) is 0 Å². The highest BCUT2D eigenvalue weighted by atomic mass is 16.8. The van der Waals surface area contributed by atoms with E-state index in [1.54, 1.807) is 0 Å². The summed E-state index contributed by atoms with van der Waals surface area (Å²) in [5.41, 5.74) is 0. The zero-order valence-electron chi connectivity index (χ0n) is 13.9. The van der Waals surface area contributed by atoms with E-state index in [4.69, 9.17) is 28.8 Å². The van der Waals surface area contributed by atoms with Crippen molar-refractivity contribution in [3.05, 3.63) is 0 Å². The van der Waals surface area contributed by atoms with Gasteiger partial charge in [0.15, 0.2) is 12.2 Å². The standard InChI is InChI=1S/C9H18O4.C6H8O5/c1-3-6(10)8-9(7(11)4-2)13-5-12-8;7-1-3-4-5(6(8)11-3)10-2-9-4/h6-11H,3-5H2,1-2H3;3-5,7H,1-2H2. The van der Waals surface area contributed by atoms with Gasteiger partial charge in [-0.1, -0.05) is 13.8 Å². The molecule has 0 amide bonds. The molecule has 0 saturated carbocycles. The lowest BCUT2D eigenvalue weighted by molar-refractivity contribution is -0.154. The Kier molecular flexibility index (Phi) is 7.35. The smallest absolute Gasteiger partial charge is 0.338 e. The van der Waals surface area contributed by atoms with Gasteiger partial charge in [-0.25, -0.2) is 4.79 Å². The van der Waals surface area contributed by atoms with Crippen molar-refractivity contribution in [2.24, 2.45) is 0 Å². The van der Waals surface area contributed by atoms with Gasteiger partial charge in [0.1, 0.15) is 31.9 Å². The van der Waals surface area contributed by atoms with Crippen molar-refractivity contribution in [1.82, 2.24) is 0 Å². The Balaban J connectivity index is 0.000000175. The lowest BCUT2D eigenvalue weighted by atomic mass is 10.0. The highest BCUT2D eigenvalue weighted by molar-refractivity contribution is 5.78.